The number of hydrogen-bond donors (Lipinski definition) is 1. The van der Waals surface area contributed by atoms with Gasteiger partial charge < -0.3 is 10.2 Å². The van der Waals surface area contributed by atoms with Gasteiger partial charge in [0, 0.05) is 32.7 Å². The summed E-state index contributed by atoms with van der Waals surface area (Å²) in [7, 11) is 0. The molecular formula is C10H22N2. The van der Waals surface area contributed by atoms with E-state index in [1.165, 1.54) is 32.7 Å². The zero-order chi connectivity index (χ0) is 8.97. The second-order valence-electron chi connectivity index (χ2n) is 4.27. The third-order valence-corrected chi connectivity index (χ3v) is 2.89. The maximum absolute atomic E-state index is 3.38. The van der Waals surface area contributed by atoms with Gasteiger partial charge in [0.1, 0.15) is 0 Å². The van der Waals surface area contributed by atoms with Crippen molar-refractivity contribution in [2.75, 3.05) is 32.7 Å². The van der Waals surface area contributed by atoms with E-state index in [2.05, 4.69) is 31.0 Å². The van der Waals surface area contributed by atoms with Crippen LogP contribution in [0.15, 0.2) is 0 Å². The summed E-state index contributed by atoms with van der Waals surface area (Å²) in [4.78, 5) is 2.57. The molecule has 1 heterocycles. The lowest BCUT2D eigenvalue weighted by Gasteiger charge is -2.30. The Bertz CT molecular complexity index is 117. The molecule has 0 saturated carbocycles. The highest BCUT2D eigenvalue weighted by molar-refractivity contribution is 4.70. The highest BCUT2D eigenvalue weighted by Crippen LogP contribution is 2.11. The van der Waals surface area contributed by atoms with Crippen molar-refractivity contribution in [3.63, 3.8) is 0 Å². The summed E-state index contributed by atoms with van der Waals surface area (Å²) >= 11 is 0. The normalized spacial score (nSPS) is 23.0. The Labute approximate surface area is 76.3 Å². The van der Waals surface area contributed by atoms with Crippen LogP contribution < -0.4 is 5.32 Å². The van der Waals surface area contributed by atoms with Crippen LogP contribution >= 0.6 is 0 Å². The minimum atomic E-state index is 0.819. The van der Waals surface area contributed by atoms with Crippen molar-refractivity contribution in [2.45, 2.75) is 20.8 Å². The number of nitrogens with zero attached hydrogens (tertiary/aromatic N) is 1. The molecule has 1 rings (SSSR count). The molecule has 1 saturated heterocycles. The highest BCUT2D eigenvalue weighted by Gasteiger charge is 2.14. The van der Waals surface area contributed by atoms with Gasteiger partial charge in [-0.05, 0) is 11.8 Å². The maximum atomic E-state index is 3.38. The van der Waals surface area contributed by atoms with E-state index in [0.717, 1.165) is 11.8 Å². The Morgan fingerprint density at radius 1 is 1.17 bits per heavy atom. The lowest BCUT2D eigenvalue weighted by Crippen LogP contribution is -2.45. The van der Waals surface area contributed by atoms with Gasteiger partial charge in [-0.3, -0.25) is 0 Å². The Hall–Kier alpha value is -0.0800. The van der Waals surface area contributed by atoms with Crippen LogP contribution in [0, 0.1) is 11.8 Å². The first-order valence-electron chi connectivity index (χ1n) is 5.13. The molecule has 0 aliphatic carbocycles. The fourth-order valence-electron chi connectivity index (χ4n) is 1.51. The number of rotatable bonds is 3. The molecule has 0 bridgehead atoms. The predicted molar refractivity (Wildman–Crippen MR) is 53.3 cm³/mol. The topological polar surface area (TPSA) is 15.3 Å². The molecule has 0 aromatic rings. The van der Waals surface area contributed by atoms with Crippen molar-refractivity contribution >= 4 is 0 Å². The molecule has 0 radical (unpaired) electrons. The van der Waals surface area contributed by atoms with Crippen LogP contribution in [0.1, 0.15) is 20.8 Å². The molecule has 0 spiro atoms. The first-order chi connectivity index (χ1) is 5.70. The van der Waals surface area contributed by atoms with Gasteiger partial charge in [-0.25, -0.2) is 0 Å². The van der Waals surface area contributed by atoms with E-state index in [1.807, 2.05) is 0 Å². The van der Waals surface area contributed by atoms with Crippen molar-refractivity contribution in [1.29, 1.82) is 0 Å². The minimum absolute atomic E-state index is 0.819. The quantitative estimate of drug-likeness (QED) is 0.684. The largest absolute Gasteiger partial charge is 0.314 e. The fourth-order valence-corrected chi connectivity index (χ4v) is 1.51. The van der Waals surface area contributed by atoms with Crippen LogP contribution in [0.2, 0.25) is 0 Å². The van der Waals surface area contributed by atoms with Crippen LogP contribution in [0.4, 0.5) is 0 Å². The zero-order valence-corrected chi connectivity index (χ0v) is 8.64. The molecule has 1 unspecified atom stereocenters. The van der Waals surface area contributed by atoms with Crippen molar-refractivity contribution in [3.8, 4) is 0 Å². The minimum Gasteiger partial charge on any atom is -0.314 e. The SMILES string of the molecule is CC(C)C(C)CN1CCNCC1. The van der Waals surface area contributed by atoms with Crippen molar-refractivity contribution in [2.24, 2.45) is 11.8 Å². The summed E-state index contributed by atoms with van der Waals surface area (Å²) in [6.07, 6.45) is 0. The van der Waals surface area contributed by atoms with E-state index < -0.39 is 0 Å². The standard InChI is InChI=1S/C10H22N2/c1-9(2)10(3)8-12-6-4-11-5-7-12/h9-11H,4-8H2,1-3H3. The van der Waals surface area contributed by atoms with E-state index in [9.17, 15) is 0 Å². The lowest BCUT2D eigenvalue weighted by molar-refractivity contribution is 0.190. The molecule has 2 nitrogen and oxygen atoms in total. The van der Waals surface area contributed by atoms with Gasteiger partial charge in [0.05, 0.1) is 0 Å². The Morgan fingerprint density at radius 2 is 1.75 bits per heavy atom. The van der Waals surface area contributed by atoms with Crippen LogP contribution in [0.5, 0.6) is 0 Å². The molecule has 1 atom stereocenters. The Balaban J connectivity index is 2.20. The van der Waals surface area contributed by atoms with Gasteiger partial charge in [-0.2, -0.15) is 0 Å². The number of nitrogens with one attached hydrogen (secondary N) is 1. The predicted octanol–water partition coefficient (Wildman–Crippen LogP) is 1.18. The summed E-state index contributed by atoms with van der Waals surface area (Å²) in [6, 6.07) is 0. The molecule has 0 amide bonds. The third kappa shape index (κ3) is 3.11. The third-order valence-electron chi connectivity index (χ3n) is 2.89. The summed E-state index contributed by atoms with van der Waals surface area (Å²) < 4.78 is 0. The van der Waals surface area contributed by atoms with Gasteiger partial charge >= 0.3 is 0 Å². The van der Waals surface area contributed by atoms with Crippen molar-refractivity contribution in [3.05, 3.63) is 0 Å². The molecule has 1 fully saturated rings. The molecule has 0 aromatic carbocycles. The average Bonchev–Trinajstić information content (AvgIpc) is 2.06. The monoisotopic (exact) mass is 170 g/mol. The van der Waals surface area contributed by atoms with Crippen LogP contribution in [-0.2, 0) is 0 Å². The molecule has 12 heavy (non-hydrogen) atoms. The highest BCUT2D eigenvalue weighted by atomic mass is 15.2. The first-order valence-corrected chi connectivity index (χ1v) is 5.13. The average molecular weight is 170 g/mol. The van der Waals surface area contributed by atoms with E-state index in [1.54, 1.807) is 0 Å². The molecule has 1 aliphatic heterocycles. The fraction of sp³-hybridized carbons (Fsp3) is 1.00. The molecule has 1 aliphatic rings. The molecular weight excluding hydrogens is 148 g/mol. The van der Waals surface area contributed by atoms with Crippen LogP contribution in [-0.4, -0.2) is 37.6 Å². The van der Waals surface area contributed by atoms with Gasteiger partial charge in [0.2, 0.25) is 0 Å². The summed E-state index contributed by atoms with van der Waals surface area (Å²) in [6.45, 7) is 13.1. The Morgan fingerprint density at radius 3 is 2.25 bits per heavy atom. The Kier molecular flexibility index (Phi) is 4.02. The van der Waals surface area contributed by atoms with Gasteiger partial charge in [0.25, 0.3) is 0 Å². The zero-order valence-electron chi connectivity index (χ0n) is 8.64. The molecule has 72 valence electrons. The molecule has 0 aromatic heterocycles. The summed E-state index contributed by atoms with van der Waals surface area (Å²) in [5.41, 5.74) is 0. The van der Waals surface area contributed by atoms with Gasteiger partial charge in [-0.15, -0.1) is 0 Å². The van der Waals surface area contributed by atoms with Gasteiger partial charge in [-0.1, -0.05) is 20.8 Å². The van der Waals surface area contributed by atoms with E-state index in [-0.39, 0.29) is 0 Å². The second-order valence-corrected chi connectivity index (χ2v) is 4.27. The number of hydrogen-bond acceptors (Lipinski definition) is 2. The van der Waals surface area contributed by atoms with Crippen LogP contribution in [0.3, 0.4) is 0 Å². The lowest BCUT2D eigenvalue weighted by atomic mass is 9.97. The van der Waals surface area contributed by atoms with Gasteiger partial charge in [0.15, 0.2) is 0 Å². The smallest absolute Gasteiger partial charge is 0.0107 e. The molecule has 1 N–H and O–H groups in total. The second kappa shape index (κ2) is 4.83. The van der Waals surface area contributed by atoms with Crippen molar-refractivity contribution in [1.82, 2.24) is 10.2 Å². The van der Waals surface area contributed by atoms with E-state index >= 15 is 0 Å². The maximum Gasteiger partial charge on any atom is 0.0107 e. The van der Waals surface area contributed by atoms with Crippen molar-refractivity contribution < 1.29 is 0 Å². The van der Waals surface area contributed by atoms with E-state index in [0.29, 0.717) is 0 Å². The summed E-state index contributed by atoms with van der Waals surface area (Å²) in [5, 5.41) is 3.38. The van der Waals surface area contributed by atoms with E-state index in [4.69, 9.17) is 0 Å². The number of piperazine rings is 1. The van der Waals surface area contributed by atoms with Crippen LogP contribution in [0.25, 0.3) is 0 Å². The first kappa shape index (κ1) is 10.0. The molecule has 2 heteroatoms. The summed E-state index contributed by atoms with van der Waals surface area (Å²) in [5.74, 6) is 1.66.